The van der Waals surface area contributed by atoms with E-state index in [-0.39, 0.29) is 11.9 Å². The van der Waals surface area contributed by atoms with Crippen LogP contribution in [0.2, 0.25) is 0 Å². The van der Waals surface area contributed by atoms with Gasteiger partial charge in [0.1, 0.15) is 0 Å². The molecule has 6 rings (SSSR count). The molecule has 4 aromatic heterocycles. The summed E-state index contributed by atoms with van der Waals surface area (Å²) in [5.74, 6) is 2.04. The Hall–Kier alpha value is -3.49. The lowest BCUT2D eigenvalue weighted by Crippen LogP contribution is -2.40. The quantitative estimate of drug-likeness (QED) is 0.510. The number of hydrogen-bond donors (Lipinski definition) is 1. The summed E-state index contributed by atoms with van der Waals surface area (Å²) in [7, 11) is 3.77. The van der Waals surface area contributed by atoms with E-state index in [9.17, 15) is 4.79 Å². The van der Waals surface area contributed by atoms with Crippen molar-refractivity contribution in [1.29, 1.82) is 0 Å². The molecule has 2 bridgehead atoms. The van der Waals surface area contributed by atoms with Gasteiger partial charge >= 0.3 is 0 Å². The number of carbonyl (C=O) groups is 1. The van der Waals surface area contributed by atoms with Gasteiger partial charge in [0.05, 0.1) is 22.8 Å². The van der Waals surface area contributed by atoms with E-state index in [1.54, 1.807) is 32.3 Å². The summed E-state index contributed by atoms with van der Waals surface area (Å²) in [6.45, 7) is 2.14. The molecule has 0 saturated heterocycles. The fourth-order valence-electron chi connectivity index (χ4n) is 5.94. The van der Waals surface area contributed by atoms with Crippen LogP contribution in [0, 0.1) is 17.8 Å². The highest BCUT2D eigenvalue weighted by Gasteiger charge is 2.42. The molecule has 2 aliphatic rings. The van der Waals surface area contributed by atoms with Crippen molar-refractivity contribution >= 4 is 11.6 Å². The summed E-state index contributed by atoms with van der Waals surface area (Å²) >= 11 is 0. The third-order valence-electron chi connectivity index (χ3n) is 7.62. The minimum Gasteiger partial charge on any atom is -0.348 e. The SMILES string of the molecule is C[C@H](NC(=O)c1cc2nc(-c3ccnn3C)cc(-c3ccnn3C)n2n1)[C@H]1C[C@@H]2CC[C@@H]1C2. The molecular formula is C24H28N8O. The standard InChI is InChI=1S/C24H28N8O/c1-14(17-11-15-4-5-16(17)10-15)27-24(33)19-13-23-28-18(20-6-8-25-30(20)2)12-22(32(23)29-19)21-7-9-26-31(21)3/h6-9,12-17H,4-5,10-11H2,1-3H3,(H,27,33)/t14-,15+,16+,17+/m0/s1. The number of nitrogens with one attached hydrogen (secondary N) is 1. The Kier molecular flexibility index (Phi) is 4.60. The van der Waals surface area contributed by atoms with Crippen molar-refractivity contribution in [3.05, 3.63) is 42.4 Å². The first-order valence-corrected chi connectivity index (χ1v) is 11.7. The lowest BCUT2D eigenvalue weighted by molar-refractivity contribution is 0.0910. The molecule has 2 saturated carbocycles. The van der Waals surface area contributed by atoms with E-state index in [1.165, 1.54) is 25.7 Å². The molecule has 0 aliphatic heterocycles. The third-order valence-corrected chi connectivity index (χ3v) is 7.62. The summed E-state index contributed by atoms with van der Waals surface area (Å²) in [5, 5.41) is 16.5. The highest BCUT2D eigenvalue weighted by atomic mass is 16.2. The van der Waals surface area contributed by atoms with E-state index in [2.05, 4.69) is 27.5 Å². The molecule has 0 unspecified atom stereocenters. The molecule has 4 aromatic rings. The molecule has 33 heavy (non-hydrogen) atoms. The first-order chi connectivity index (χ1) is 16.0. The van der Waals surface area contributed by atoms with Crippen LogP contribution in [-0.2, 0) is 14.1 Å². The molecule has 9 heteroatoms. The molecule has 2 fully saturated rings. The lowest BCUT2D eigenvalue weighted by Gasteiger charge is -2.28. The Balaban J connectivity index is 1.37. The average molecular weight is 445 g/mol. The zero-order valence-corrected chi connectivity index (χ0v) is 19.1. The van der Waals surface area contributed by atoms with E-state index < -0.39 is 0 Å². The predicted octanol–water partition coefficient (Wildman–Crippen LogP) is 3.08. The zero-order chi connectivity index (χ0) is 22.7. The Bertz CT molecular complexity index is 1350. The molecule has 4 heterocycles. The fourth-order valence-corrected chi connectivity index (χ4v) is 5.94. The number of amides is 1. The largest absolute Gasteiger partial charge is 0.348 e. The predicted molar refractivity (Wildman–Crippen MR) is 123 cm³/mol. The molecule has 0 radical (unpaired) electrons. The second-order valence-electron chi connectivity index (χ2n) is 9.61. The van der Waals surface area contributed by atoms with Gasteiger partial charge in [-0.25, -0.2) is 9.50 Å². The minimum absolute atomic E-state index is 0.145. The molecule has 4 atom stereocenters. The monoisotopic (exact) mass is 444 g/mol. The summed E-state index contributed by atoms with van der Waals surface area (Å²) in [6.07, 6.45) is 8.72. The van der Waals surface area contributed by atoms with Gasteiger partial charge in [-0.3, -0.25) is 14.2 Å². The maximum atomic E-state index is 13.2. The highest BCUT2D eigenvalue weighted by Crippen LogP contribution is 2.49. The Morgan fingerprint density at radius 3 is 2.42 bits per heavy atom. The van der Waals surface area contributed by atoms with Crippen molar-refractivity contribution in [1.82, 2.24) is 39.5 Å². The molecular weight excluding hydrogens is 416 g/mol. The molecule has 1 amide bonds. The van der Waals surface area contributed by atoms with Gasteiger partial charge < -0.3 is 5.32 Å². The van der Waals surface area contributed by atoms with Crippen molar-refractivity contribution < 1.29 is 4.79 Å². The van der Waals surface area contributed by atoms with Crippen LogP contribution in [0.4, 0.5) is 0 Å². The van der Waals surface area contributed by atoms with Gasteiger partial charge in [-0.05, 0) is 62.1 Å². The fraction of sp³-hybridized carbons (Fsp3) is 0.458. The van der Waals surface area contributed by atoms with E-state index >= 15 is 0 Å². The third kappa shape index (κ3) is 3.34. The van der Waals surface area contributed by atoms with Crippen LogP contribution in [0.1, 0.15) is 43.1 Å². The number of hydrogen-bond acceptors (Lipinski definition) is 5. The van der Waals surface area contributed by atoms with Gasteiger partial charge in [-0.2, -0.15) is 15.3 Å². The second-order valence-corrected chi connectivity index (χ2v) is 9.61. The molecule has 9 nitrogen and oxygen atoms in total. The number of aromatic nitrogens is 7. The summed E-state index contributed by atoms with van der Waals surface area (Å²) in [5.41, 5.74) is 4.34. The van der Waals surface area contributed by atoms with Crippen LogP contribution in [0.15, 0.2) is 36.7 Å². The Morgan fingerprint density at radius 1 is 1.03 bits per heavy atom. The summed E-state index contributed by atoms with van der Waals surface area (Å²) < 4.78 is 5.31. The minimum atomic E-state index is -0.145. The van der Waals surface area contributed by atoms with Gasteiger partial charge in [0, 0.05) is 38.6 Å². The topological polar surface area (TPSA) is 94.9 Å². The van der Waals surface area contributed by atoms with Crippen LogP contribution in [0.3, 0.4) is 0 Å². The lowest BCUT2D eigenvalue weighted by atomic mass is 9.84. The van der Waals surface area contributed by atoms with E-state index in [1.807, 2.05) is 32.3 Å². The number of aryl methyl sites for hydroxylation is 2. The van der Waals surface area contributed by atoms with E-state index in [4.69, 9.17) is 4.98 Å². The molecule has 2 aliphatic carbocycles. The average Bonchev–Trinajstić information content (AvgIpc) is 3.60. The smallest absolute Gasteiger partial charge is 0.272 e. The van der Waals surface area contributed by atoms with Crippen LogP contribution in [0.5, 0.6) is 0 Å². The van der Waals surface area contributed by atoms with Crippen LogP contribution in [0.25, 0.3) is 28.4 Å². The van der Waals surface area contributed by atoms with E-state index in [0.29, 0.717) is 17.3 Å². The van der Waals surface area contributed by atoms with Gasteiger partial charge in [0.15, 0.2) is 11.3 Å². The Morgan fingerprint density at radius 2 is 1.79 bits per heavy atom. The van der Waals surface area contributed by atoms with Gasteiger partial charge in [-0.1, -0.05) is 6.42 Å². The molecule has 1 N–H and O–H groups in total. The zero-order valence-electron chi connectivity index (χ0n) is 19.1. The van der Waals surface area contributed by atoms with Crippen molar-refractivity contribution in [3.63, 3.8) is 0 Å². The van der Waals surface area contributed by atoms with Crippen LogP contribution < -0.4 is 5.32 Å². The van der Waals surface area contributed by atoms with Crippen LogP contribution in [-0.4, -0.2) is 46.1 Å². The maximum Gasteiger partial charge on any atom is 0.272 e. The van der Waals surface area contributed by atoms with E-state index in [0.717, 1.165) is 34.6 Å². The van der Waals surface area contributed by atoms with Crippen molar-refractivity contribution in [3.8, 4) is 22.8 Å². The van der Waals surface area contributed by atoms with Gasteiger partial charge in [0.2, 0.25) is 0 Å². The second kappa shape index (κ2) is 7.54. The Labute approximate surface area is 191 Å². The molecule has 0 spiro atoms. The molecule has 0 aromatic carbocycles. The number of nitrogens with zero attached hydrogens (tertiary/aromatic N) is 7. The number of rotatable bonds is 5. The van der Waals surface area contributed by atoms with Crippen LogP contribution >= 0.6 is 0 Å². The normalized spacial score (nSPS) is 22.8. The summed E-state index contributed by atoms with van der Waals surface area (Å²) in [4.78, 5) is 18.0. The maximum absolute atomic E-state index is 13.2. The van der Waals surface area contributed by atoms with Crippen molar-refractivity contribution in [2.75, 3.05) is 0 Å². The first-order valence-electron chi connectivity index (χ1n) is 11.7. The van der Waals surface area contributed by atoms with Crippen molar-refractivity contribution in [2.24, 2.45) is 31.8 Å². The number of fused-ring (bicyclic) bond motifs is 3. The van der Waals surface area contributed by atoms with Gasteiger partial charge in [-0.15, -0.1) is 0 Å². The number of carbonyl (C=O) groups excluding carboxylic acids is 1. The molecule has 170 valence electrons. The van der Waals surface area contributed by atoms with Crippen molar-refractivity contribution in [2.45, 2.75) is 38.6 Å². The summed E-state index contributed by atoms with van der Waals surface area (Å²) in [6, 6.07) is 7.73. The first kappa shape index (κ1) is 20.1. The van der Waals surface area contributed by atoms with Gasteiger partial charge in [0.25, 0.3) is 5.91 Å². The highest BCUT2D eigenvalue weighted by molar-refractivity contribution is 5.93.